The van der Waals surface area contributed by atoms with Gasteiger partial charge in [-0.05, 0) is 78.1 Å². The second-order valence-electron chi connectivity index (χ2n) is 11.5. The zero-order valence-electron chi connectivity index (χ0n) is 24.4. The van der Waals surface area contributed by atoms with E-state index in [1.54, 1.807) is 6.07 Å². The molecule has 0 radical (unpaired) electrons. The van der Waals surface area contributed by atoms with Gasteiger partial charge in [0, 0.05) is 10.8 Å². The molecule has 0 unspecified atom stereocenters. The summed E-state index contributed by atoms with van der Waals surface area (Å²) in [5, 5.41) is 2.19. The smallest absolute Gasteiger partial charge is 0.268 e. The molecule has 0 saturated carbocycles. The molecule has 6 aromatic carbocycles. The summed E-state index contributed by atoms with van der Waals surface area (Å²) >= 11 is 0. The molecular formula is C40H28N2O2. The van der Waals surface area contributed by atoms with E-state index in [0.717, 1.165) is 38.5 Å². The highest BCUT2D eigenvalue weighted by atomic mass is 16.2. The van der Waals surface area contributed by atoms with Crippen LogP contribution in [-0.4, -0.2) is 16.4 Å². The first kappa shape index (κ1) is 25.9. The highest BCUT2D eigenvalue weighted by molar-refractivity contribution is 6.36. The van der Waals surface area contributed by atoms with E-state index in [4.69, 9.17) is 0 Å². The van der Waals surface area contributed by atoms with Gasteiger partial charge in [0.05, 0.1) is 33.5 Å². The van der Waals surface area contributed by atoms with Crippen LogP contribution in [0.2, 0.25) is 0 Å². The number of rotatable bonds is 4. The topological polar surface area (TPSA) is 42.3 Å². The Bertz CT molecular complexity index is 2300. The van der Waals surface area contributed by atoms with E-state index in [1.807, 2.05) is 78.9 Å². The highest BCUT2D eigenvalue weighted by Gasteiger charge is 2.39. The third-order valence-corrected chi connectivity index (χ3v) is 8.71. The Morgan fingerprint density at radius 2 is 1.25 bits per heavy atom. The van der Waals surface area contributed by atoms with Crippen molar-refractivity contribution in [1.29, 1.82) is 0 Å². The molecule has 8 rings (SSSR count). The van der Waals surface area contributed by atoms with Crippen molar-refractivity contribution >= 4 is 39.3 Å². The standard InChI is InChI=1S/C40H28N2O2/c1-25-18-20-31(26(2)22-25)29-19-21-33-32-14-6-7-16-35(32)42(37(33)24-29)36-17-9-15-34-38(36)40(44)41(39(34)43)30-13-8-12-28(23-30)27-10-4-3-5-11-27/h3-24H,1-2H3. The predicted octanol–water partition coefficient (Wildman–Crippen LogP) is 9.54. The van der Waals surface area contributed by atoms with Crippen molar-refractivity contribution in [2.45, 2.75) is 13.8 Å². The fourth-order valence-corrected chi connectivity index (χ4v) is 6.68. The molecule has 1 aromatic heterocycles. The van der Waals surface area contributed by atoms with Crippen LogP contribution < -0.4 is 4.90 Å². The van der Waals surface area contributed by atoms with Crippen LogP contribution in [0.1, 0.15) is 31.8 Å². The molecule has 0 aliphatic carbocycles. The molecule has 0 N–H and O–H groups in total. The lowest BCUT2D eigenvalue weighted by Crippen LogP contribution is -2.29. The number of amides is 2. The van der Waals surface area contributed by atoms with Crippen LogP contribution in [0, 0.1) is 13.8 Å². The second kappa shape index (κ2) is 9.92. The van der Waals surface area contributed by atoms with E-state index < -0.39 is 0 Å². The van der Waals surface area contributed by atoms with Crippen LogP contribution in [-0.2, 0) is 0 Å². The molecule has 1 aliphatic heterocycles. The number of nitrogens with zero attached hydrogens (tertiary/aromatic N) is 2. The van der Waals surface area contributed by atoms with Crippen LogP contribution in [0.15, 0.2) is 133 Å². The maximum atomic E-state index is 14.3. The predicted molar refractivity (Wildman–Crippen MR) is 179 cm³/mol. The van der Waals surface area contributed by atoms with Crippen LogP contribution in [0.3, 0.4) is 0 Å². The Morgan fingerprint density at radius 3 is 2.09 bits per heavy atom. The van der Waals surface area contributed by atoms with Crippen molar-refractivity contribution in [1.82, 2.24) is 4.57 Å². The van der Waals surface area contributed by atoms with Crippen LogP contribution in [0.4, 0.5) is 5.69 Å². The molecule has 4 heteroatoms. The molecular weight excluding hydrogens is 540 g/mol. The molecule has 0 atom stereocenters. The van der Waals surface area contributed by atoms with Crippen molar-refractivity contribution < 1.29 is 9.59 Å². The van der Waals surface area contributed by atoms with Gasteiger partial charge in [-0.1, -0.05) is 103 Å². The van der Waals surface area contributed by atoms with Gasteiger partial charge in [-0.15, -0.1) is 0 Å². The second-order valence-corrected chi connectivity index (χ2v) is 11.5. The minimum absolute atomic E-state index is 0.311. The number of hydrogen-bond acceptors (Lipinski definition) is 2. The number of hydrogen-bond donors (Lipinski definition) is 0. The first-order chi connectivity index (χ1) is 21.5. The average molecular weight is 569 g/mol. The lowest BCUT2D eigenvalue weighted by molar-refractivity contribution is 0.0926. The number of fused-ring (bicyclic) bond motifs is 4. The Labute approximate surface area is 255 Å². The maximum absolute atomic E-state index is 14.3. The molecule has 0 bridgehead atoms. The summed E-state index contributed by atoms with van der Waals surface area (Å²) in [4.78, 5) is 29.5. The summed E-state index contributed by atoms with van der Waals surface area (Å²) in [7, 11) is 0. The number of aryl methyl sites for hydroxylation is 2. The molecule has 0 spiro atoms. The summed E-state index contributed by atoms with van der Waals surface area (Å²) in [6, 6.07) is 44.5. The average Bonchev–Trinajstić information content (AvgIpc) is 3.52. The zero-order chi connectivity index (χ0) is 29.9. The third kappa shape index (κ3) is 3.92. The van der Waals surface area contributed by atoms with E-state index >= 15 is 0 Å². The number of imide groups is 1. The number of carbonyl (C=O) groups excluding carboxylic acids is 2. The Balaban J connectivity index is 1.32. The minimum Gasteiger partial charge on any atom is -0.308 e. The van der Waals surface area contributed by atoms with Gasteiger partial charge >= 0.3 is 0 Å². The fraction of sp³-hybridized carbons (Fsp3) is 0.0500. The lowest BCUT2D eigenvalue weighted by atomic mass is 9.97. The molecule has 1 aliphatic rings. The van der Waals surface area contributed by atoms with E-state index in [0.29, 0.717) is 22.5 Å². The number of aromatic nitrogens is 1. The largest absolute Gasteiger partial charge is 0.308 e. The van der Waals surface area contributed by atoms with E-state index in [9.17, 15) is 9.59 Å². The van der Waals surface area contributed by atoms with Crippen LogP contribution >= 0.6 is 0 Å². The molecule has 0 saturated heterocycles. The van der Waals surface area contributed by atoms with Gasteiger partial charge in [0.2, 0.25) is 0 Å². The first-order valence-electron chi connectivity index (χ1n) is 14.8. The molecule has 2 heterocycles. The van der Waals surface area contributed by atoms with Gasteiger partial charge in [-0.3, -0.25) is 9.59 Å². The molecule has 4 nitrogen and oxygen atoms in total. The Kier molecular flexibility index (Phi) is 5.85. The molecule has 7 aromatic rings. The van der Waals surface area contributed by atoms with E-state index in [-0.39, 0.29) is 11.8 Å². The van der Waals surface area contributed by atoms with Gasteiger partial charge in [-0.2, -0.15) is 0 Å². The monoisotopic (exact) mass is 568 g/mol. The van der Waals surface area contributed by atoms with Crippen molar-refractivity contribution in [3.63, 3.8) is 0 Å². The van der Waals surface area contributed by atoms with Gasteiger partial charge in [0.1, 0.15) is 0 Å². The normalized spacial score (nSPS) is 12.8. The highest BCUT2D eigenvalue weighted by Crippen LogP contribution is 2.39. The van der Waals surface area contributed by atoms with E-state index in [1.165, 1.54) is 21.6 Å². The number of carbonyl (C=O) groups is 2. The summed E-state index contributed by atoms with van der Waals surface area (Å²) in [6.07, 6.45) is 0. The zero-order valence-corrected chi connectivity index (χ0v) is 24.4. The van der Waals surface area contributed by atoms with E-state index in [2.05, 4.69) is 66.9 Å². The van der Waals surface area contributed by atoms with Gasteiger partial charge in [-0.25, -0.2) is 4.90 Å². The quantitative estimate of drug-likeness (QED) is 0.198. The summed E-state index contributed by atoms with van der Waals surface area (Å²) in [5.41, 5.74) is 10.7. The molecule has 210 valence electrons. The lowest BCUT2D eigenvalue weighted by Gasteiger charge is -2.16. The van der Waals surface area contributed by atoms with Crippen LogP contribution in [0.5, 0.6) is 0 Å². The minimum atomic E-state index is -0.317. The third-order valence-electron chi connectivity index (χ3n) is 8.71. The number of para-hydroxylation sites is 1. The Hall–Kier alpha value is -5.74. The Morgan fingerprint density at radius 1 is 0.500 bits per heavy atom. The summed E-state index contributed by atoms with van der Waals surface area (Å²) in [6.45, 7) is 4.24. The number of benzene rings is 6. The van der Waals surface area contributed by atoms with Crippen molar-refractivity contribution in [2.24, 2.45) is 0 Å². The van der Waals surface area contributed by atoms with Crippen molar-refractivity contribution in [3.05, 3.63) is 156 Å². The van der Waals surface area contributed by atoms with Gasteiger partial charge < -0.3 is 4.57 Å². The van der Waals surface area contributed by atoms with Gasteiger partial charge in [0.25, 0.3) is 11.8 Å². The maximum Gasteiger partial charge on any atom is 0.268 e. The first-order valence-corrected chi connectivity index (χ1v) is 14.8. The van der Waals surface area contributed by atoms with Gasteiger partial charge in [0.15, 0.2) is 0 Å². The SMILES string of the molecule is Cc1ccc(-c2ccc3c4ccccc4n(-c4cccc5c4C(=O)N(c4cccc(-c6ccccc6)c4)C5=O)c3c2)c(C)c1. The summed E-state index contributed by atoms with van der Waals surface area (Å²) < 4.78 is 2.14. The number of anilines is 1. The summed E-state index contributed by atoms with van der Waals surface area (Å²) in [5.74, 6) is -0.629. The fourth-order valence-electron chi connectivity index (χ4n) is 6.68. The van der Waals surface area contributed by atoms with Crippen LogP contribution in [0.25, 0.3) is 49.7 Å². The molecule has 2 amide bonds. The molecule has 44 heavy (non-hydrogen) atoms. The van der Waals surface area contributed by atoms with Crippen molar-refractivity contribution in [2.75, 3.05) is 4.90 Å². The molecule has 0 fully saturated rings. The van der Waals surface area contributed by atoms with Crippen molar-refractivity contribution in [3.8, 4) is 27.9 Å².